The monoisotopic (exact) mass is 300 g/mol. The standard InChI is InChI=1S/C14H24N2O3S/c1-10(2)8-16-12(4)11(3)15-14(16)20(17,18)9-13-6-5-7-19-13/h10,13H,5-9H2,1-4H3/t13-/m0/s1. The van der Waals surface area contributed by atoms with Crippen LogP contribution in [-0.4, -0.2) is 36.4 Å². The van der Waals surface area contributed by atoms with Gasteiger partial charge < -0.3 is 9.30 Å². The molecule has 1 saturated heterocycles. The minimum Gasteiger partial charge on any atom is -0.377 e. The van der Waals surface area contributed by atoms with Crippen molar-refractivity contribution in [2.75, 3.05) is 12.4 Å². The number of aromatic nitrogens is 2. The Morgan fingerprint density at radius 2 is 2.10 bits per heavy atom. The molecule has 0 aromatic carbocycles. The highest BCUT2D eigenvalue weighted by Crippen LogP contribution is 2.22. The van der Waals surface area contributed by atoms with Crippen LogP contribution in [0.5, 0.6) is 0 Å². The molecule has 2 heterocycles. The van der Waals surface area contributed by atoms with E-state index in [0.29, 0.717) is 19.1 Å². The van der Waals surface area contributed by atoms with Gasteiger partial charge in [0.1, 0.15) is 0 Å². The molecule has 1 aliphatic heterocycles. The molecule has 1 aliphatic rings. The third-order valence-corrected chi connectivity index (χ3v) is 5.36. The Morgan fingerprint density at radius 3 is 2.65 bits per heavy atom. The van der Waals surface area contributed by atoms with Gasteiger partial charge >= 0.3 is 0 Å². The van der Waals surface area contributed by atoms with Crippen molar-refractivity contribution in [3.8, 4) is 0 Å². The molecule has 0 unspecified atom stereocenters. The van der Waals surface area contributed by atoms with Gasteiger partial charge in [0.25, 0.3) is 0 Å². The van der Waals surface area contributed by atoms with Gasteiger partial charge in [0, 0.05) is 18.8 Å². The van der Waals surface area contributed by atoms with E-state index in [2.05, 4.69) is 18.8 Å². The van der Waals surface area contributed by atoms with Crippen molar-refractivity contribution in [3.63, 3.8) is 0 Å². The number of hydrogen-bond donors (Lipinski definition) is 0. The third kappa shape index (κ3) is 3.23. The lowest BCUT2D eigenvalue weighted by Gasteiger charge is -2.14. The molecule has 0 saturated carbocycles. The number of nitrogens with zero attached hydrogens (tertiary/aromatic N) is 2. The summed E-state index contributed by atoms with van der Waals surface area (Å²) in [6.07, 6.45) is 1.59. The second-order valence-corrected chi connectivity index (χ2v) is 7.91. The summed E-state index contributed by atoms with van der Waals surface area (Å²) >= 11 is 0. The highest BCUT2D eigenvalue weighted by Gasteiger charge is 2.29. The molecule has 0 aliphatic carbocycles. The van der Waals surface area contributed by atoms with Crippen LogP contribution in [0.2, 0.25) is 0 Å². The lowest BCUT2D eigenvalue weighted by atomic mass is 10.2. The lowest BCUT2D eigenvalue weighted by molar-refractivity contribution is 0.127. The molecule has 0 amide bonds. The summed E-state index contributed by atoms with van der Waals surface area (Å²) in [5, 5.41) is 0.205. The topological polar surface area (TPSA) is 61.2 Å². The molecular weight excluding hydrogens is 276 g/mol. The largest absolute Gasteiger partial charge is 0.377 e. The number of rotatable bonds is 5. The third-order valence-electron chi connectivity index (χ3n) is 3.68. The predicted octanol–water partition coefficient (Wildman–Crippen LogP) is 2.11. The molecule has 6 heteroatoms. The molecule has 0 bridgehead atoms. The van der Waals surface area contributed by atoms with E-state index in [-0.39, 0.29) is 17.0 Å². The zero-order valence-electron chi connectivity index (χ0n) is 12.7. The molecule has 0 radical (unpaired) electrons. The molecule has 114 valence electrons. The van der Waals surface area contributed by atoms with Gasteiger partial charge in [-0.05, 0) is 32.6 Å². The molecule has 1 atom stereocenters. The van der Waals surface area contributed by atoms with Gasteiger partial charge in [-0.3, -0.25) is 0 Å². The summed E-state index contributed by atoms with van der Waals surface area (Å²) in [5.74, 6) is 0.417. The average molecular weight is 300 g/mol. The molecule has 2 rings (SSSR count). The predicted molar refractivity (Wildman–Crippen MR) is 77.6 cm³/mol. The average Bonchev–Trinajstić information content (AvgIpc) is 2.92. The molecular formula is C14H24N2O3S. The number of imidazole rings is 1. The van der Waals surface area contributed by atoms with E-state index in [1.54, 1.807) is 0 Å². The highest BCUT2D eigenvalue weighted by molar-refractivity contribution is 7.91. The fourth-order valence-corrected chi connectivity index (χ4v) is 4.26. The normalized spacial score (nSPS) is 19.9. The summed E-state index contributed by atoms with van der Waals surface area (Å²) in [6.45, 7) is 9.27. The van der Waals surface area contributed by atoms with Gasteiger partial charge in [-0.25, -0.2) is 13.4 Å². The molecule has 5 nitrogen and oxygen atoms in total. The summed E-state index contributed by atoms with van der Waals surface area (Å²) in [4.78, 5) is 4.30. The van der Waals surface area contributed by atoms with E-state index in [4.69, 9.17) is 4.74 Å². The second-order valence-electron chi connectivity index (χ2n) is 5.99. The fraction of sp³-hybridized carbons (Fsp3) is 0.786. The number of aryl methyl sites for hydroxylation is 1. The van der Waals surface area contributed by atoms with Gasteiger partial charge in [-0.1, -0.05) is 13.8 Å². The number of sulfone groups is 1. The van der Waals surface area contributed by atoms with Gasteiger partial charge in [-0.2, -0.15) is 0 Å². The molecule has 1 fully saturated rings. The minimum atomic E-state index is -3.39. The fourth-order valence-electron chi connectivity index (χ4n) is 2.54. The zero-order valence-corrected chi connectivity index (χ0v) is 13.5. The maximum atomic E-state index is 12.6. The lowest BCUT2D eigenvalue weighted by Crippen LogP contribution is -2.24. The van der Waals surface area contributed by atoms with E-state index in [9.17, 15) is 8.42 Å². The first kappa shape index (κ1) is 15.5. The van der Waals surface area contributed by atoms with E-state index in [1.165, 1.54) is 0 Å². The Labute approximate surface area is 121 Å². The van der Waals surface area contributed by atoms with Gasteiger partial charge in [0.15, 0.2) is 0 Å². The van der Waals surface area contributed by atoms with Crippen LogP contribution in [-0.2, 0) is 21.1 Å². The second kappa shape index (κ2) is 5.85. The Balaban J connectivity index is 2.32. The van der Waals surface area contributed by atoms with Crippen LogP contribution in [0.15, 0.2) is 5.16 Å². The highest BCUT2D eigenvalue weighted by atomic mass is 32.2. The Morgan fingerprint density at radius 1 is 1.40 bits per heavy atom. The van der Waals surface area contributed by atoms with E-state index < -0.39 is 9.84 Å². The minimum absolute atomic E-state index is 0.0426. The van der Waals surface area contributed by atoms with Crippen LogP contribution in [0.3, 0.4) is 0 Å². The molecule has 1 aromatic rings. The van der Waals surface area contributed by atoms with Gasteiger partial charge in [0.2, 0.25) is 15.0 Å². The van der Waals surface area contributed by atoms with Crippen LogP contribution < -0.4 is 0 Å². The van der Waals surface area contributed by atoms with Crippen molar-refractivity contribution in [3.05, 3.63) is 11.4 Å². The van der Waals surface area contributed by atoms with Gasteiger partial charge in [-0.15, -0.1) is 0 Å². The van der Waals surface area contributed by atoms with Crippen LogP contribution in [0.1, 0.15) is 38.1 Å². The van der Waals surface area contributed by atoms with Crippen LogP contribution in [0, 0.1) is 19.8 Å². The van der Waals surface area contributed by atoms with Crippen LogP contribution in [0.25, 0.3) is 0 Å². The molecule has 20 heavy (non-hydrogen) atoms. The SMILES string of the molecule is Cc1nc(S(=O)(=O)C[C@@H]2CCCO2)n(CC(C)C)c1C. The number of ether oxygens (including phenoxy) is 1. The molecule has 0 N–H and O–H groups in total. The van der Waals surface area contributed by atoms with Crippen molar-refractivity contribution in [1.29, 1.82) is 0 Å². The van der Waals surface area contributed by atoms with Crippen molar-refractivity contribution < 1.29 is 13.2 Å². The first-order valence-electron chi connectivity index (χ1n) is 7.19. The van der Waals surface area contributed by atoms with Gasteiger partial charge in [0.05, 0.1) is 17.6 Å². The van der Waals surface area contributed by atoms with E-state index in [1.807, 2.05) is 18.4 Å². The van der Waals surface area contributed by atoms with E-state index in [0.717, 1.165) is 24.2 Å². The summed E-state index contributed by atoms with van der Waals surface area (Å²) in [5.41, 5.74) is 1.72. The smallest absolute Gasteiger partial charge is 0.228 e. The van der Waals surface area contributed by atoms with Crippen molar-refractivity contribution >= 4 is 9.84 Å². The summed E-state index contributed by atoms with van der Waals surface area (Å²) in [6, 6.07) is 0. The van der Waals surface area contributed by atoms with E-state index >= 15 is 0 Å². The molecule has 1 aromatic heterocycles. The van der Waals surface area contributed by atoms with Crippen molar-refractivity contribution in [1.82, 2.24) is 9.55 Å². The first-order valence-corrected chi connectivity index (χ1v) is 8.84. The maximum Gasteiger partial charge on any atom is 0.228 e. The Kier molecular flexibility index (Phi) is 4.54. The van der Waals surface area contributed by atoms with Crippen molar-refractivity contribution in [2.45, 2.75) is 58.3 Å². The summed E-state index contributed by atoms with van der Waals surface area (Å²) < 4.78 is 32.5. The van der Waals surface area contributed by atoms with Crippen LogP contribution >= 0.6 is 0 Å². The summed E-state index contributed by atoms with van der Waals surface area (Å²) in [7, 11) is -3.39. The maximum absolute atomic E-state index is 12.6. The van der Waals surface area contributed by atoms with Crippen LogP contribution in [0.4, 0.5) is 0 Å². The number of hydrogen-bond acceptors (Lipinski definition) is 4. The molecule has 0 spiro atoms. The van der Waals surface area contributed by atoms with Crippen molar-refractivity contribution in [2.24, 2.45) is 5.92 Å². The first-order chi connectivity index (χ1) is 9.31. The quantitative estimate of drug-likeness (QED) is 0.835. The Hall–Kier alpha value is -0.880. The Bertz CT molecular complexity index is 569. The zero-order chi connectivity index (χ0) is 14.9.